The van der Waals surface area contributed by atoms with Crippen molar-refractivity contribution in [2.45, 2.75) is 13.0 Å². The Morgan fingerprint density at radius 2 is 1.85 bits per heavy atom. The van der Waals surface area contributed by atoms with Crippen LogP contribution in [0.15, 0.2) is 58.1 Å². The van der Waals surface area contributed by atoms with Crippen LogP contribution in [0.25, 0.3) is 5.69 Å². The fourth-order valence-electron chi connectivity index (χ4n) is 3.14. The Hall–Kier alpha value is -3.61. The summed E-state index contributed by atoms with van der Waals surface area (Å²) in [5.41, 5.74) is 0.286. The Labute approximate surface area is 147 Å². The van der Waals surface area contributed by atoms with Crippen LogP contribution in [0.4, 0.5) is 0 Å². The zero-order valence-electron chi connectivity index (χ0n) is 13.7. The summed E-state index contributed by atoms with van der Waals surface area (Å²) in [6, 6.07) is 13.5. The summed E-state index contributed by atoms with van der Waals surface area (Å²) in [5, 5.41) is 10.7. The van der Waals surface area contributed by atoms with Crippen LogP contribution in [0.5, 0.6) is 5.88 Å². The first-order valence-electron chi connectivity index (χ1n) is 7.92. The standard InChI is InChI=1S/C19H14N2O5/c1-10-5-4-6-11(9-10)21-17(23)14(16(22)20-19(21)25)15-12-7-2-3-8-13(12)18(24)26-15/h2-9,15,23H,1H3,(H,20,22,25). The lowest BCUT2D eigenvalue weighted by Crippen LogP contribution is -2.32. The van der Waals surface area contributed by atoms with Crippen molar-refractivity contribution in [3.63, 3.8) is 0 Å². The van der Waals surface area contributed by atoms with Crippen molar-refractivity contribution in [3.8, 4) is 11.6 Å². The first kappa shape index (κ1) is 15.9. The van der Waals surface area contributed by atoms with E-state index in [0.29, 0.717) is 16.8 Å². The van der Waals surface area contributed by atoms with Gasteiger partial charge >= 0.3 is 11.7 Å². The number of aromatic hydroxyl groups is 1. The molecule has 2 heterocycles. The molecule has 1 aliphatic heterocycles. The number of H-pyrrole nitrogens is 1. The summed E-state index contributed by atoms with van der Waals surface area (Å²) in [6.07, 6.45) is -1.08. The maximum absolute atomic E-state index is 12.4. The zero-order chi connectivity index (χ0) is 18.4. The van der Waals surface area contributed by atoms with Gasteiger partial charge in [-0.3, -0.25) is 9.78 Å². The molecule has 0 fully saturated rings. The van der Waals surface area contributed by atoms with Gasteiger partial charge in [-0.1, -0.05) is 30.3 Å². The molecule has 2 aromatic carbocycles. The fourth-order valence-corrected chi connectivity index (χ4v) is 3.14. The summed E-state index contributed by atoms with van der Waals surface area (Å²) in [6.45, 7) is 1.84. The minimum absolute atomic E-state index is 0.190. The number of ether oxygens (including phenoxy) is 1. The highest BCUT2D eigenvalue weighted by Gasteiger charge is 2.36. The lowest BCUT2D eigenvalue weighted by atomic mass is 10.0. The molecule has 0 radical (unpaired) electrons. The van der Waals surface area contributed by atoms with Crippen molar-refractivity contribution in [1.29, 1.82) is 0 Å². The van der Waals surface area contributed by atoms with Crippen molar-refractivity contribution < 1.29 is 14.6 Å². The third-order valence-corrected chi connectivity index (χ3v) is 4.33. The van der Waals surface area contributed by atoms with Crippen molar-refractivity contribution >= 4 is 5.97 Å². The molecule has 0 bridgehead atoms. The number of esters is 1. The summed E-state index contributed by atoms with van der Waals surface area (Å²) in [5.74, 6) is -1.14. The van der Waals surface area contributed by atoms with Gasteiger partial charge in [-0.25, -0.2) is 14.2 Å². The number of benzene rings is 2. The highest BCUT2D eigenvalue weighted by Crippen LogP contribution is 2.37. The largest absolute Gasteiger partial charge is 0.494 e. The first-order valence-corrected chi connectivity index (χ1v) is 7.92. The molecule has 0 amide bonds. The minimum atomic E-state index is -1.08. The molecule has 0 saturated carbocycles. The van der Waals surface area contributed by atoms with Crippen LogP contribution in [0.3, 0.4) is 0 Å². The van der Waals surface area contributed by atoms with Gasteiger partial charge in [0.2, 0.25) is 5.88 Å². The minimum Gasteiger partial charge on any atom is -0.494 e. The van der Waals surface area contributed by atoms with E-state index in [1.807, 2.05) is 13.0 Å². The monoisotopic (exact) mass is 350 g/mol. The quantitative estimate of drug-likeness (QED) is 0.686. The lowest BCUT2D eigenvalue weighted by molar-refractivity contribution is 0.0449. The van der Waals surface area contributed by atoms with Gasteiger partial charge in [0.25, 0.3) is 5.56 Å². The van der Waals surface area contributed by atoms with E-state index in [1.165, 1.54) is 0 Å². The van der Waals surface area contributed by atoms with Gasteiger partial charge in [-0.2, -0.15) is 0 Å². The number of aryl methyl sites for hydroxylation is 1. The first-order chi connectivity index (χ1) is 12.5. The molecule has 1 aliphatic rings. The number of aromatic nitrogens is 2. The number of fused-ring (bicyclic) bond motifs is 1. The Morgan fingerprint density at radius 1 is 1.08 bits per heavy atom. The van der Waals surface area contributed by atoms with E-state index < -0.39 is 29.2 Å². The number of cyclic esters (lactones) is 1. The molecule has 3 aromatic rings. The number of hydrogen-bond acceptors (Lipinski definition) is 5. The highest BCUT2D eigenvalue weighted by molar-refractivity contribution is 5.94. The Bertz CT molecular complexity index is 1160. The van der Waals surface area contributed by atoms with E-state index in [0.717, 1.165) is 10.1 Å². The van der Waals surface area contributed by atoms with E-state index in [-0.39, 0.29) is 5.56 Å². The molecule has 7 nitrogen and oxygen atoms in total. The Kier molecular flexibility index (Phi) is 3.50. The normalized spacial score (nSPS) is 15.6. The second-order valence-electron chi connectivity index (χ2n) is 6.04. The van der Waals surface area contributed by atoms with Gasteiger partial charge in [0.05, 0.1) is 11.3 Å². The SMILES string of the molecule is Cc1cccc(-n2c(O)c(C3OC(=O)c4ccccc43)c(=O)[nH]c2=O)c1. The van der Waals surface area contributed by atoms with Crippen LogP contribution in [-0.2, 0) is 4.74 Å². The third-order valence-electron chi connectivity index (χ3n) is 4.33. The van der Waals surface area contributed by atoms with Crippen molar-refractivity contribution in [2.75, 3.05) is 0 Å². The topological polar surface area (TPSA) is 101 Å². The maximum Gasteiger partial charge on any atom is 0.339 e. The summed E-state index contributed by atoms with van der Waals surface area (Å²) in [7, 11) is 0. The van der Waals surface area contributed by atoms with Crippen LogP contribution in [0.2, 0.25) is 0 Å². The average Bonchev–Trinajstić information content (AvgIpc) is 2.92. The highest BCUT2D eigenvalue weighted by atomic mass is 16.5. The molecule has 0 spiro atoms. The maximum atomic E-state index is 12.4. The average molecular weight is 350 g/mol. The number of nitrogens with one attached hydrogen (secondary N) is 1. The van der Waals surface area contributed by atoms with E-state index in [2.05, 4.69) is 4.98 Å². The van der Waals surface area contributed by atoms with Gasteiger partial charge < -0.3 is 9.84 Å². The molecule has 7 heteroatoms. The number of rotatable bonds is 2. The van der Waals surface area contributed by atoms with Crippen LogP contribution in [0.1, 0.15) is 33.2 Å². The number of nitrogens with zero attached hydrogens (tertiary/aromatic N) is 1. The van der Waals surface area contributed by atoms with E-state index in [9.17, 15) is 19.5 Å². The summed E-state index contributed by atoms with van der Waals surface area (Å²) >= 11 is 0. The van der Waals surface area contributed by atoms with E-state index >= 15 is 0 Å². The van der Waals surface area contributed by atoms with Gasteiger partial charge in [-0.05, 0) is 30.7 Å². The lowest BCUT2D eigenvalue weighted by Gasteiger charge is -2.15. The number of carbonyl (C=O) groups is 1. The molecule has 0 aliphatic carbocycles. The predicted molar refractivity (Wildman–Crippen MR) is 92.8 cm³/mol. The molecule has 1 unspecified atom stereocenters. The predicted octanol–water partition coefficient (Wildman–Crippen LogP) is 1.80. The molecule has 26 heavy (non-hydrogen) atoms. The zero-order valence-corrected chi connectivity index (χ0v) is 13.7. The van der Waals surface area contributed by atoms with Crippen molar-refractivity contribution in [1.82, 2.24) is 9.55 Å². The third kappa shape index (κ3) is 2.33. The second-order valence-corrected chi connectivity index (χ2v) is 6.04. The number of aromatic amines is 1. The number of hydrogen-bond donors (Lipinski definition) is 2. The molecule has 0 saturated heterocycles. The van der Waals surface area contributed by atoms with E-state index in [4.69, 9.17) is 4.74 Å². The van der Waals surface area contributed by atoms with Crippen molar-refractivity contribution in [2.24, 2.45) is 0 Å². The smallest absolute Gasteiger partial charge is 0.339 e. The van der Waals surface area contributed by atoms with Gasteiger partial charge in [0, 0.05) is 5.56 Å². The van der Waals surface area contributed by atoms with Gasteiger partial charge in [-0.15, -0.1) is 0 Å². The number of carbonyl (C=O) groups excluding carboxylic acids is 1. The van der Waals surface area contributed by atoms with Gasteiger partial charge in [0.15, 0.2) is 6.10 Å². The molecule has 1 aromatic heterocycles. The summed E-state index contributed by atoms with van der Waals surface area (Å²) in [4.78, 5) is 38.9. The van der Waals surface area contributed by atoms with Crippen LogP contribution >= 0.6 is 0 Å². The molecular weight excluding hydrogens is 336 g/mol. The summed E-state index contributed by atoms with van der Waals surface area (Å²) < 4.78 is 6.28. The Morgan fingerprint density at radius 3 is 2.62 bits per heavy atom. The second kappa shape index (κ2) is 5.73. The fraction of sp³-hybridized carbons (Fsp3) is 0.105. The Balaban J connectivity index is 1.97. The van der Waals surface area contributed by atoms with Crippen LogP contribution in [0, 0.1) is 6.92 Å². The van der Waals surface area contributed by atoms with Gasteiger partial charge in [0.1, 0.15) is 5.56 Å². The molecule has 1 atom stereocenters. The van der Waals surface area contributed by atoms with Crippen molar-refractivity contribution in [3.05, 3.63) is 91.6 Å². The van der Waals surface area contributed by atoms with Crippen LogP contribution in [-0.4, -0.2) is 20.6 Å². The molecule has 2 N–H and O–H groups in total. The molecule has 4 rings (SSSR count). The van der Waals surface area contributed by atoms with Crippen LogP contribution < -0.4 is 11.2 Å². The molecular formula is C19H14N2O5. The van der Waals surface area contributed by atoms with E-state index in [1.54, 1.807) is 42.5 Å². The molecule has 130 valence electrons.